The molecule has 308 valence electrons. The second-order valence-corrected chi connectivity index (χ2v) is 13.4. The molecule has 1 aromatic carbocycles. The third-order valence-corrected chi connectivity index (χ3v) is 7.90. The first-order chi connectivity index (χ1) is 25.8. The predicted octanol–water partition coefficient (Wildman–Crippen LogP) is -1.30. The highest BCUT2D eigenvalue weighted by Crippen LogP contribution is 2.28. The summed E-state index contributed by atoms with van der Waals surface area (Å²) >= 11 is 0. The van der Waals surface area contributed by atoms with Crippen LogP contribution in [0.1, 0.15) is 82.6 Å². The number of rotatable bonds is 22. The summed E-state index contributed by atoms with van der Waals surface area (Å²) in [6, 6.07) is 1.35. The van der Waals surface area contributed by atoms with Gasteiger partial charge in [0.1, 0.15) is 49.4 Å². The second kappa shape index (κ2) is 22.5. The highest BCUT2D eigenvalue weighted by atomic mass is 16.7. The topological polar surface area (TPSA) is 306 Å². The van der Waals surface area contributed by atoms with Crippen LogP contribution in [-0.4, -0.2) is 135 Å². The van der Waals surface area contributed by atoms with Gasteiger partial charge in [0.25, 0.3) is 5.91 Å². The third kappa shape index (κ3) is 15.8. The number of carboxylic acid groups (broad SMARTS) is 2. The average molecular weight is 785 g/mol. The summed E-state index contributed by atoms with van der Waals surface area (Å²) in [5.41, 5.74) is 0.196. The number of esters is 1. The molecule has 0 aromatic heterocycles. The van der Waals surface area contributed by atoms with Crippen molar-refractivity contribution in [1.82, 2.24) is 21.3 Å². The Hall–Kier alpha value is -4.89. The first-order valence-electron chi connectivity index (χ1n) is 17.7. The molecule has 1 saturated heterocycles. The quantitative estimate of drug-likeness (QED) is 0.0488. The number of ether oxygens (including phenoxy) is 4. The van der Waals surface area contributed by atoms with E-state index in [1.54, 1.807) is 27.7 Å². The summed E-state index contributed by atoms with van der Waals surface area (Å²) in [5, 5.41) is 59.6. The van der Waals surface area contributed by atoms with E-state index in [4.69, 9.17) is 24.1 Å². The summed E-state index contributed by atoms with van der Waals surface area (Å²) in [5.74, 6) is -6.30. The Balaban J connectivity index is 2.19. The van der Waals surface area contributed by atoms with Crippen LogP contribution in [0.4, 0.5) is 0 Å². The molecule has 4 amide bonds. The van der Waals surface area contributed by atoms with E-state index in [0.717, 1.165) is 0 Å². The molecule has 55 heavy (non-hydrogen) atoms. The molecular weight excluding hydrogens is 732 g/mol. The van der Waals surface area contributed by atoms with Gasteiger partial charge in [0.15, 0.2) is 6.10 Å². The second-order valence-electron chi connectivity index (χ2n) is 13.4. The number of carbonyl (C=O) groups is 7. The number of carboxylic acids is 2. The number of carbonyl (C=O) groups excluding carboxylic acids is 5. The van der Waals surface area contributed by atoms with Gasteiger partial charge in [0.05, 0.1) is 11.7 Å². The highest BCUT2D eigenvalue weighted by Gasteiger charge is 2.48. The molecule has 20 heteroatoms. The van der Waals surface area contributed by atoms with Crippen molar-refractivity contribution in [3.8, 4) is 5.75 Å². The smallest absolute Gasteiger partial charge is 0.335 e. The summed E-state index contributed by atoms with van der Waals surface area (Å²) in [7, 11) is 0. The van der Waals surface area contributed by atoms with E-state index in [1.165, 1.54) is 25.1 Å². The summed E-state index contributed by atoms with van der Waals surface area (Å²) in [6.45, 7) is 7.45. The number of aliphatic hydroxyl groups is 3. The standard InChI is InChI=1S/C35H52N4O16/c1-17(2)37-32(48)23(10-12-26(42)43)39-33(49)22(38-25(41)16-52-18(3)4)8-6-7-13-36-31(47)21-14-20(15-53-19(5)40)9-11-24(21)54-35-29(46)27(44)28(45)30(55-35)34(50)51/h9,11,14,17-18,22-23,27-30,35,44-46H,6-8,10,12-13,15-16H2,1-5H3,(H,36,47)(H,37,48)(H,38,41)(H,39,49)(H,42,43)(H,50,51)/t22-,23-,27-,28-,29+,30-,35+/m0/s1. The lowest BCUT2D eigenvalue weighted by Crippen LogP contribution is -2.61. The van der Waals surface area contributed by atoms with E-state index < -0.39 is 90.7 Å². The first kappa shape index (κ1) is 46.3. The zero-order valence-electron chi connectivity index (χ0n) is 31.3. The van der Waals surface area contributed by atoms with Crippen LogP contribution in [0.15, 0.2) is 18.2 Å². The zero-order valence-corrected chi connectivity index (χ0v) is 31.3. The van der Waals surface area contributed by atoms with Crippen LogP contribution in [-0.2, 0) is 49.6 Å². The van der Waals surface area contributed by atoms with E-state index in [2.05, 4.69) is 21.3 Å². The fourth-order valence-electron chi connectivity index (χ4n) is 5.12. The first-order valence-corrected chi connectivity index (χ1v) is 17.7. The molecule has 0 radical (unpaired) electrons. The fraction of sp³-hybridized carbons (Fsp3) is 0.629. The molecular formula is C35H52N4O16. The minimum absolute atomic E-state index is 0.0117. The number of aliphatic carboxylic acids is 2. The largest absolute Gasteiger partial charge is 0.481 e. The number of amides is 4. The maximum absolute atomic E-state index is 13.4. The Bertz CT molecular complexity index is 1500. The molecule has 0 spiro atoms. The molecule has 1 heterocycles. The van der Waals surface area contributed by atoms with E-state index in [1.807, 2.05) is 0 Å². The van der Waals surface area contributed by atoms with E-state index >= 15 is 0 Å². The normalized spacial score (nSPS) is 20.5. The van der Waals surface area contributed by atoms with Gasteiger partial charge in [-0.15, -0.1) is 0 Å². The molecule has 20 nitrogen and oxygen atoms in total. The Kier molecular flexibility index (Phi) is 18.9. The Morgan fingerprint density at radius 1 is 0.836 bits per heavy atom. The van der Waals surface area contributed by atoms with Crippen LogP contribution >= 0.6 is 0 Å². The maximum atomic E-state index is 13.4. The van der Waals surface area contributed by atoms with Crippen LogP contribution in [0.5, 0.6) is 5.75 Å². The minimum atomic E-state index is -1.98. The summed E-state index contributed by atoms with van der Waals surface area (Å²) < 4.78 is 21.1. The van der Waals surface area contributed by atoms with Crippen LogP contribution in [0, 0.1) is 0 Å². The van der Waals surface area contributed by atoms with E-state index in [-0.39, 0.29) is 68.9 Å². The van der Waals surface area contributed by atoms with Crippen molar-refractivity contribution in [2.45, 2.75) is 128 Å². The minimum Gasteiger partial charge on any atom is -0.481 e. The number of unbranched alkanes of at least 4 members (excludes halogenated alkanes) is 1. The van der Waals surface area contributed by atoms with E-state index in [9.17, 15) is 54.0 Å². The van der Waals surface area contributed by atoms with Crippen molar-refractivity contribution < 1.29 is 78.0 Å². The lowest BCUT2D eigenvalue weighted by Gasteiger charge is -2.38. The summed E-state index contributed by atoms with van der Waals surface area (Å²) in [4.78, 5) is 86.3. The van der Waals surface area contributed by atoms with Gasteiger partial charge in [-0.3, -0.25) is 28.8 Å². The zero-order chi connectivity index (χ0) is 41.4. The van der Waals surface area contributed by atoms with E-state index in [0.29, 0.717) is 5.56 Å². The van der Waals surface area contributed by atoms with Crippen molar-refractivity contribution >= 4 is 41.5 Å². The Morgan fingerprint density at radius 2 is 1.49 bits per heavy atom. The maximum Gasteiger partial charge on any atom is 0.335 e. The highest BCUT2D eigenvalue weighted by molar-refractivity contribution is 5.97. The van der Waals surface area contributed by atoms with Crippen molar-refractivity contribution in [2.75, 3.05) is 13.2 Å². The van der Waals surface area contributed by atoms with Crippen molar-refractivity contribution in [1.29, 1.82) is 0 Å². The molecule has 0 unspecified atom stereocenters. The lowest BCUT2D eigenvalue weighted by molar-refractivity contribution is -0.271. The third-order valence-electron chi connectivity index (χ3n) is 7.90. The molecule has 7 atom stereocenters. The SMILES string of the molecule is CC(=O)OCc1ccc(O[C@@H]2O[C@H](C(=O)O)[C@@H](O)[C@H](O)[C@H]2O)c(C(=O)NCCCC[C@H](NC(=O)COC(C)C)C(=O)N[C@@H](CCC(=O)O)C(=O)NC(C)C)c1. The molecule has 1 aliphatic rings. The van der Waals surface area contributed by atoms with Gasteiger partial charge in [0.2, 0.25) is 24.0 Å². The molecule has 0 aliphatic carbocycles. The van der Waals surface area contributed by atoms with Gasteiger partial charge in [-0.05, 0) is 71.1 Å². The van der Waals surface area contributed by atoms with Gasteiger partial charge < -0.3 is 65.7 Å². The molecule has 9 N–H and O–H groups in total. The molecule has 1 aromatic rings. The van der Waals surface area contributed by atoms with Crippen LogP contribution in [0.3, 0.4) is 0 Å². The molecule has 0 bridgehead atoms. The fourth-order valence-corrected chi connectivity index (χ4v) is 5.12. The predicted molar refractivity (Wildman–Crippen MR) is 188 cm³/mol. The summed E-state index contributed by atoms with van der Waals surface area (Å²) in [6.07, 6.45) is -10.00. The van der Waals surface area contributed by atoms with Gasteiger partial charge >= 0.3 is 17.9 Å². The Morgan fingerprint density at radius 3 is 2.09 bits per heavy atom. The van der Waals surface area contributed by atoms with Gasteiger partial charge in [-0.1, -0.05) is 6.07 Å². The molecule has 1 fully saturated rings. The molecule has 2 rings (SSSR count). The number of aliphatic hydroxyl groups excluding tert-OH is 3. The van der Waals surface area contributed by atoms with Gasteiger partial charge in [-0.2, -0.15) is 0 Å². The molecule has 1 aliphatic heterocycles. The average Bonchev–Trinajstić information content (AvgIpc) is 3.10. The number of hydrogen-bond acceptors (Lipinski definition) is 14. The van der Waals surface area contributed by atoms with Crippen LogP contribution < -0.4 is 26.0 Å². The van der Waals surface area contributed by atoms with Crippen molar-refractivity contribution in [2.24, 2.45) is 0 Å². The molecule has 0 saturated carbocycles. The van der Waals surface area contributed by atoms with Crippen molar-refractivity contribution in [3.63, 3.8) is 0 Å². The number of hydrogen-bond donors (Lipinski definition) is 9. The van der Waals surface area contributed by atoms with Gasteiger partial charge in [0, 0.05) is 25.9 Å². The van der Waals surface area contributed by atoms with Crippen LogP contribution in [0.25, 0.3) is 0 Å². The Labute approximate surface area is 317 Å². The van der Waals surface area contributed by atoms with Gasteiger partial charge in [-0.25, -0.2) is 4.79 Å². The number of benzene rings is 1. The lowest BCUT2D eigenvalue weighted by atomic mass is 9.99. The number of nitrogens with one attached hydrogen (secondary N) is 4. The van der Waals surface area contributed by atoms with Crippen molar-refractivity contribution in [3.05, 3.63) is 29.3 Å². The van der Waals surface area contributed by atoms with Crippen LogP contribution in [0.2, 0.25) is 0 Å². The monoisotopic (exact) mass is 784 g/mol.